The van der Waals surface area contributed by atoms with Crippen LogP contribution >= 0.6 is 70.6 Å². The maximum absolute atomic E-state index is 5.21. The Kier molecular flexibility index (Phi) is 23.5. The quantitative estimate of drug-likeness (QED) is 0.251. The first-order valence-electron chi connectivity index (χ1n) is 7.25. The van der Waals surface area contributed by atoms with Gasteiger partial charge in [-0.05, 0) is 0 Å². The van der Waals surface area contributed by atoms with E-state index in [9.17, 15) is 0 Å². The largest absolute Gasteiger partial charge is 0.160 e. The normalized spacial score (nSPS) is 10.3. The highest BCUT2D eigenvalue weighted by atomic mass is 32.2. The second-order valence-corrected chi connectivity index (χ2v) is 11.1. The summed E-state index contributed by atoms with van der Waals surface area (Å²) in [5.41, 5.74) is 0. The molecule has 0 saturated heterocycles. The topological polar surface area (TPSA) is 0 Å². The SMILES string of the molecule is C#CCSCCSCCSCCSCCSCCSCC#C. The molecule has 0 saturated carbocycles. The lowest BCUT2D eigenvalue weighted by atomic mass is 10.8. The van der Waals surface area contributed by atoms with E-state index in [0.717, 1.165) is 11.5 Å². The third-order valence-corrected chi connectivity index (χ3v) is 9.19. The maximum atomic E-state index is 5.21. The van der Waals surface area contributed by atoms with E-state index in [1.807, 2.05) is 23.5 Å². The van der Waals surface area contributed by atoms with Crippen molar-refractivity contribution in [3.8, 4) is 24.7 Å². The highest BCUT2D eigenvalue weighted by Crippen LogP contribution is 2.13. The summed E-state index contributed by atoms with van der Waals surface area (Å²) in [6.07, 6.45) is 10.4. The van der Waals surface area contributed by atoms with Crippen LogP contribution in [0.4, 0.5) is 0 Å². The Balaban J connectivity index is 2.94. The lowest BCUT2D eigenvalue weighted by molar-refractivity contribution is 1.45. The molecule has 6 heteroatoms. The molecule has 22 heavy (non-hydrogen) atoms. The fourth-order valence-electron chi connectivity index (χ4n) is 1.26. The summed E-state index contributed by atoms with van der Waals surface area (Å²) < 4.78 is 0. The van der Waals surface area contributed by atoms with Crippen molar-refractivity contribution in [2.24, 2.45) is 0 Å². The van der Waals surface area contributed by atoms with Crippen molar-refractivity contribution in [1.29, 1.82) is 0 Å². The van der Waals surface area contributed by atoms with E-state index in [1.54, 1.807) is 0 Å². The second-order valence-electron chi connectivity index (χ2n) is 3.96. The van der Waals surface area contributed by atoms with Gasteiger partial charge in [0.05, 0.1) is 11.5 Å². The predicted molar refractivity (Wildman–Crippen MR) is 122 cm³/mol. The Hall–Kier alpha value is 1.22. The van der Waals surface area contributed by atoms with Crippen LogP contribution < -0.4 is 0 Å². The number of terminal acetylenes is 2. The van der Waals surface area contributed by atoms with E-state index < -0.39 is 0 Å². The van der Waals surface area contributed by atoms with Crippen molar-refractivity contribution in [2.45, 2.75) is 0 Å². The molecule has 0 radical (unpaired) electrons. The lowest BCUT2D eigenvalue weighted by Gasteiger charge is -2.03. The van der Waals surface area contributed by atoms with Gasteiger partial charge in [0.1, 0.15) is 0 Å². The summed E-state index contributed by atoms with van der Waals surface area (Å²) in [7, 11) is 0. The van der Waals surface area contributed by atoms with Crippen LogP contribution in [0.2, 0.25) is 0 Å². The Morgan fingerprint density at radius 3 is 0.864 bits per heavy atom. The molecule has 0 spiro atoms. The highest BCUT2D eigenvalue weighted by Gasteiger charge is 1.94. The van der Waals surface area contributed by atoms with Crippen molar-refractivity contribution in [1.82, 2.24) is 0 Å². The summed E-state index contributed by atoms with van der Waals surface area (Å²) in [4.78, 5) is 0. The number of hydrogen-bond donors (Lipinski definition) is 0. The minimum atomic E-state index is 0.856. The molecule has 0 bridgehead atoms. The zero-order valence-corrected chi connectivity index (χ0v) is 18.0. The van der Waals surface area contributed by atoms with Crippen LogP contribution in [0, 0.1) is 24.7 Å². The average molecular weight is 411 g/mol. The van der Waals surface area contributed by atoms with E-state index >= 15 is 0 Å². The van der Waals surface area contributed by atoms with Crippen LogP contribution in [-0.4, -0.2) is 69.0 Å². The Morgan fingerprint density at radius 1 is 0.409 bits per heavy atom. The van der Waals surface area contributed by atoms with Gasteiger partial charge in [-0.2, -0.15) is 47.0 Å². The van der Waals surface area contributed by atoms with Crippen molar-refractivity contribution in [2.75, 3.05) is 69.0 Å². The summed E-state index contributed by atoms with van der Waals surface area (Å²) in [6.45, 7) is 0. The van der Waals surface area contributed by atoms with Crippen molar-refractivity contribution < 1.29 is 0 Å². The van der Waals surface area contributed by atoms with Gasteiger partial charge in [0.2, 0.25) is 0 Å². The number of rotatable bonds is 17. The van der Waals surface area contributed by atoms with Crippen LogP contribution in [0.3, 0.4) is 0 Å². The molecule has 0 aromatic carbocycles. The minimum absolute atomic E-state index is 0.856. The van der Waals surface area contributed by atoms with Crippen molar-refractivity contribution in [3.63, 3.8) is 0 Å². The molecule has 0 aliphatic heterocycles. The molecule has 0 aromatic heterocycles. The van der Waals surface area contributed by atoms with Crippen LogP contribution in [0.5, 0.6) is 0 Å². The van der Waals surface area contributed by atoms with Gasteiger partial charge in [-0.25, -0.2) is 0 Å². The molecule has 0 amide bonds. The molecule has 0 atom stereocenters. The second kappa shape index (κ2) is 22.2. The van der Waals surface area contributed by atoms with E-state index in [2.05, 4.69) is 58.9 Å². The van der Waals surface area contributed by atoms with Crippen LogP contribution in [0.15, 0.2) is 0 Å². The first-order valence-corrected chi connectivity index (χ1v) is 14.2. The molecule has 0 N–H and O–H groups in total. The third kappa shape index (κ3) is 21.2. The zero-order valence-electron chi connectivity index (χ0n) is 13.1. The fraction of sp³-hybridized carbons (Fsp3) is 0.750. The number of hydrogen-bond acceptors (Lipinski definition) is 6. The van der Waals surface area contributed by atoms with Crippen LogP contribution in [-0.2, 0) is 0 Å². The average Bonchev–Trinajstić information content (AvgIpc) is 2.54. The van der Waals surface area contributed by atoms with E-state index in [1.165, 1.54) is 57.5 Å². The molecule has 0 aliphatic rings. The molecule has 126 valence electrons. The van der Waals surface area contributed by atoms with Gasteiger partial charge >= 0.3 is 0 Å². The van der Waals surface area contributed by atoms with Gasteiger partial charge in [0, 0.05) is 57.5 Å². The number of thioether (sulfide) groups is 6. The molecule has 0 rings (SSSR count). The molecule has 0 unspecified atom stereocenters. The monoisotopic (exact) mass is 410 g/mol. The Labute approximate surface area is 163 Å². The molecule has 0 fully saturated rings. The van der Waals surface area contributed by atoms with Gasteiger partial charge in [0.25, 0.3) is 0 Å². The fourth-order valence-corrected chi connectivity index (χ4v) is 7.31. The van der Waals surface area contributed by atoms with Crippen molar-refractivity contribution in [3.05, 3.63) is 0 Å². The Morgan fingerprint density at radius 2 is 0.636 bits per heavy atom. The van der Waals surface area contributed by atoms with E-state index in [-0.39, 0.29) is 0 Å². The zero-order chi connectivity index (χ0) is 16.1. The molecular weight excluding hydrogens is 385 g/mol. The van der Waals surface area contributed by atoms with Gasteiger partial charge in [-0.15, -0.1) is 36.4 Å². The Bertz CT molecular complexity index is 264. The third-order valence-electron chi connectivity index (χ3n) is 2.23. The summed E-state index contributed by atoms with van der Waals surface area (Å²) in [5, 5.41) is 0. The van der Waals surface area contributed by atoms with Crippen molar-refractivity contribution >= 4 is 70.6 Å². The van der Waals surface area contributed by atoms with E-state index in [4.69, 9.17) is 12.8 Å². The molecule has 0 nitrogen and oxygen atoms in total. The van der Waals surface area contributed by atoms with Gasteiger partial charge in [-0.3, -0.25) is 0 Å². The smallest absolute Gasteiger partial charge is 0.0545 e. The van der Waals surface area contributed by atoms with Gasteiger partial charge in [0.15, 0.2) is 0 Å². The summed E-state index contributed by atoms with van der Waals surface area (Å²) >= 11 is 12.0. The molecule has 0 aromatic rings. The standard InChI is InChI=1S/C16H26S6/c1-3-5-17-7-9-19-11-13-21-15-16-22-14-12-20-10-8-18-6-4-2/h1-2H,5-16H2. The highest BCUT2D eigenvalue weighted by molar-refractivity contribution is 8.06. The predicted octanol–water partition coefficient (Wildman–Crippen LogP) is 4.65. The molecule has 0 aliphatic carbocycles. The van der Waals surface area contributed by atoms with Crippen LogP contribution in [0.1, 0.15) is 0 Å². The molecule has 0 heterocycles. The lowest BCUT2D eigenvalue weighted by Crippen LogP contribution is -1.95. The van der Waals surface area contributed by atoms with Gasteiger partial charge in [-0.1, -0.05) is 11.8 Å². The molecular formula is C16H26S6. The first-order chi connectivity index (χ1) is 10.9. The summed E-state index contributed by atoms with van der Waals surface area (Å²) in [5.74, 6) is 19.6. The first kappa shape index (κ1) is 23.2. The maximum Gasteiger partial charge on any atom is 0.0545 e. The minimum Gasteiger partial charge on any atom is -0.160 e. The summed E-state index contributed by atoms with van der Waals surface area (Å²) in [6, 6.07) is 0. The van der Waals surface area contributed by atoms with Crippen LogP contribution in [0.25, 0.3) is 0 Å². The van der Waals surface area contributed by atoms with E-state index in [0.29, 0.717) is 0 Å². The van der Waals surface area contributed by atoms with Gasteiger partial charge < -0.3 is 0 Å².